The number of primary amides is 5. The Morgan fingerprint density at radius 3 is 1.01 bits per heavy atom. The van der Waals surface area contributed by atoms with Gasteiger partial charge in [-0.1, -0.05) is 34.3 Å². The fraction of sp³-hybridized carbons (Fsp3) is 0.688. The molecule has 5 aliphatic rings. The number of nitrogens with two attached hydrogens (primary N) is 5. The molecule has 35 nitrogen and oxygen atoms in total. The van der Waals surface area contributed by atoms with Crippen LogP contribution in [0.5, 0.6) is 0 Å². The highest BCUT2D eigenvalue weighted by molar-refractivity contribution is 6.00. The Hall–Kier alpha value is -9.45. The van der Waals surface area contributed by atoms with E-state index in [1.54, 1.807) is 41.5 Å². The number of hydrogen-bond acceptors (Lipinski definition) is 30. The van der Waals surface area contributed by atoms with Crippen molar-refractivity contribution >= 4 is 88.4 Å². The third-order valence-corrected chi connectivity index (χ3v) is 14.3. The first kappa shape index (κ1) is 47.1. The summed E-state index contributed by atoms with van der Waals surface area (Å²) in [5.41, 5.74) is 22.6. The number of nitrogens with zero attached hydrogens (tertiary/aromatic N) is 10. The Balaban J connectivity index is 0.000000306. The lowest BCUT2D eigenvalue weighted by Gasteiger charge is -2.32. The molecule has 5 fully saturated rings. The van der Waals surface area contributed by atoms with Gasteiger partial charge in [-0.15, -0.1) is 0 Å². The maximum absolute atomic E-state index is 11.9. The van der Waals surface area contributed by atoms with E-state index < -0.39 is 295 Å². The van der Waals surface area contributed by atoms with Gasteiger partial charge in [-0.3, -0.25) is 24.0 Å². The van der Waals surface area contributed by atoms with Gasteiger partial charge in [0.25, 0.3) is 29.5 Å². The van der Waals surface area contributed by atoms with Gasteiger partial charge in [0.1, 0.15) is 29.1 Å². The van der Waals surface area contributed by atoms with Crippen LogP contribution in [0.2, 0.25) is 0 Å². The van der Waals surface area contributed by atoms with Crippen molar-refractivity contribution in [1.29, 1.82) is 0 Å². The molecule has 115 heavy (non-hydrogen) atoms. The molecule has 5 amide bonds. The summed E-state index contributed by atoms with van der Waals surface area (Å²) >= 11 is 0. The van der Waals surface area contributed by atoms with Crippen molar-refractivity contribution < 1.29 is 113 Å². The Bertz CT molecular complexity index is 6050. The molecule has 5 aromatic heterocycles. The van der Waals surface area contributed by atoms with E-state index in [0.29, 0.717) is 0 Å². The van der Waals surface area contributed by atoms with Crippen LogP contribution in [0, 0.1) is 29.5 Å². The average Bonchev–Trinajstić information content (AvgIpc) is 0.656. The number of aromatic nitrogens is 10. The molecule has 5 saturated carbocycles. The minimum atomic E-state index is -3.85. The third-order valence-electron chi connectivity index (χ3n) is 14.3. The number of hydrogen-bond donors (Lipinski definition) is 20. The molecule has 5 aromatic rings. The number of carbonyl (C=O) groups excluding carboxylic acids is 5. The molecule has 10 rings (SSSR count). The van der Waals surface area contributed by atoms with Crippen LogP contribution < -0.4 is 81.8 Å². The van der Waals surface area contributed by atoms with Crippen LogP contribution in [0.15, 0.2) is 31.0 Å². The van der Waals surface area contributed by atoms with Crippen LogP contribution in [0.3, 0.4) is 0 Å². The van der Waals surface area contributed by atoms with Crippen LogP contribution in [0.4, 0.5) is 58.8 Å². The van der Waals surface area contributed by atoms with Gasteiger partial charge in [0.05, 0.1) is 66.4 Å². The maximum Gasteiger partial charge on any atom is 0.254 e. The first-order valence-electron chi connectivity index (χ1n) is 58.2. The highest BCUT2D eigenvalue weighted by atomic mass is 16.3. The van der Waals surface area contributed by atoms with Gasteiger partial charge in [-0.2, -0.15) is 24.9 Å². The van der Waals surface area contributed by atoms with E-state index in [2.05, 4.69) is 97.7 Å². The number of rotatable bonds is 20. The maximum atomic E-state index is 11.9. The minimum Gasteiger partial charge on any atom is -0.393 e. The quantitative estimate of drug-likeness (QED) is 0.0346. The van der Waals surface area contributed by atoms with Crippen molar-refractivity contribution in [2.24, 2.45) is 58.2 Å². The third kappa shape index (κ3) is 31.9. The Labute approximate surface area is 742 Å². The number of aliphatic hydroxyl groups is 5. The van der Waals surface area contributed by atoms with Gasteiger partial charge in [-0.25, -0.2) is 24.9 Å². The summed E-state index contributed by atoms with van der Waals surface area (Å²) in [6.45, 7) is 9.53. The normalized spacial score (nSPS) is 43.7. The van der Waals surface area contributed by atoms with E-state index in [9.17, 15) is 49.5 Å². The smallest absolute Gasteiger partial charge is 0.254 e. The van der Waals surface area contributed by atoms with Gasteiger partial charge in [0.2, 0.25) is 29.7 Å². The summed E-state index contributed by atoms with van der Waals surface area (Å²) in [7, 11) is 0. The largest absolute Gasteiger partial charge is 0.393 e. The van der Waals surface area contributed by atoms with Crippen molar-refractivity contribution in [1.82, 2.24) is 49.8 Å². The molecule has 25 N–H and O–H groups in total. The van der Waals surface area contributed by atoms with Crippen LogP contribution >= 0.6 is 0 Å². The lowest BCUT2D eigenvalue weighted by molar-refractivity contribution is 0.0737. The average molecular weight is 1650 g/mol. The van der Waals surface area contributed by atoms with Gasteiger partial charge in [-0.05, 0) is 229 Å². The summed E-state index contributed by atoms with van der Waals surface area (Å²) in [4.78, 5) is 99.4. The van der Waals surface area contributed by atoms with Crippen molar-refractivity contribution in [3.05, 3.63) is 58.8 Å². The second kappa shape index (κ2) is 40.9. The topological polar surface area (TPSA) is 566 Å². The van der Waals surface area contributed by atoms with Gasteiger partial charge in [0, 0.05) is 144 Å². The van der Waals surface area contributed by atoms with Crippen molar-refractivity contribution in [3.63, 3.8) is 0 Å². The predicted molar refractivity (Wildman–Crippen MR) is 452 cm³/mol. The molecule has 18 atom stereocenters. The highest BCUT2D eigenvalue weighted by Crippen LogP contribution is 2.34. The molecule has 0 radical (unpaired) electrons. The van der Waals surface area contributed by atoms with Crippen LogP contribution in [-0.2, 0) is 0 Å². The van der Waals surface area contributed by atoms with Gasteiger partial charge < -0.3 is 107 Å². The van der Waals surface area contributed by atoms with Crippen LogP contribution in [0.25, 0.3) is 0 Å². The summed E-state index contributed by atoms with van der Waals surface area (Å²) in [5, 5.41) is 79.9. The standard InChI is InChI=1S/5C16H27N5O2/c5*1-9-5-6-10(7-12(9)22)19-14-11(13(17)23)8-18-15(20-14)21-16(2,3)4/h5*8-10,12,22H,5-7H2,1-4H3,(H2,17,23)(H2,18,19,20,21)/i1D3,5D2,6D2,7D2,10D,12D;1D3,5D2,6D,7D2,9D,12D;1D3,5D2,6D,7D,9D,12D;1D3,5D2,7D2,9D,12D;1D3,5D2,9D,12D. The zero-order chi connectivity index (χ0) is 126. The molecule has 0 aliphatic heterocycles. The monoisotopic (exact) mass is 1650 g/mol. The highest BCUT2D eigenvalue weighted by Gasteiger charge is 2.34. The molecule has 18 unspecified atom stereocenters. The first-order valence-corrected chi connectivity index (χ1v) is 34.9. The van der Waals surface area contributed by atoms with E-state index in [0.717, 1.165) is 24.8 Å². The Morgan fingerprint density at radius 1 is 0.365 bits per heavy atom. The molecule has 640 valence electrons. The molecule has 0 saturated heterocycles. The fourth-order valence-electron chi connectivity index (χ4n) is 9.32. The lowest BCUT2D eigenvalue weighted by atomic mass is 9.85. The minimum absolute atomic E-state index is 0.0304. The molecule has 0 bridgehead atoms. The molecule has 35 heteroatoms. The fourth-order valence-corrected chi connectivity index (χ4v) is 9.32. The predicted octanol–water partition coefficient (Wildman–Crippen LogP) is 8.74. The first-order chi connectivity index (χ1) is 70.9. The van der Waals surface area contributed by atoms with Crippen LogP contribution in [-0.4, -0.2) is 193 Å². The van der Waals surface area contributed by atoms with E-state index in [1.807, 2.05) is 67.6 Å². The number of carbonyl (C=O) groups is 5. The van der Waals surface area contributed by atoms with Gasteiger partial charge in [0.15, 0.2) is 0 Å². The SMILES string of the molecule is [2H]C([2H])([2H])C1([2H])C([2H])([2H])CC(Nc2nc(NC(C)(C)C)ncc2C(N)=O)C([2H])([2H])C1([2H])O.[2H]C([2H])([2H])C1([2H])C([2H])([2H])CC(Nc2nc(NC(C)(C)C)ncc2C(N)=O)CC1([2H])O.[2H]C([2H])([2H])C1C([2H])([2H])C([2H])([2H])C([2H])(Nc2nc(NC(C)(C)C)ncc2C(N)=O)C([2H])([2H])C1([2H])O.[2H]C1C(Nc2nc(NC(C)(C)C)ncc2C(N)=O)C([2H])([2H])C([2H])(O)C([2H])(C([2H])([2H])[2H])C1([2H])[2H].[2H]C1C(Nc2nc(NC(C)(C)C)ncc2C(N)=O)C([2H])C([2H])(O)C([2H])(C([2H])([2H])[2H])C1([2H])[2H]. The van der Waals surface area contributed by atoms with E-state index >= 15 is 0 Å². The molecular formula is C80H135N25O10. The summed E-state index contributed by atoms with van der Waals surface area (Å²) in [5.74, 6) is -23.4. The van der Waals surface area contributed by atoms with Crippen molar-refractivity contribution in [2.45, 2.75) is 322 Å². The van der Waals surface area contributed by atoms with Gasteiger partial charge >= 0.3 is 0 Å². The Morgan fingerprint density at radius 2 is 0.661 bits per heavy atom. The summed E-state index contributed by atoms with van der Waals surface area (Å²) < 4.78 is 368. The zero-order valence-electron chi connectivity index (χ0n) is 112. The van der Waals surface area contributed by atoms with Crippen molar-refractivity contribution in [3.8, 4) is 0 Å². The van der Waals surface area contributed by atoms with E-state index in [-0.39, 0.29) is 69.4 Å². The number of amides is 5. The molecule has 5 aliphatic carbocycles. The molecule has 5 heterocycles. The second-order valence-electron chi connectivity index (χ2n) is 30.6. The second-order valence-corrected chi connectivity index (χ2v) is 30.6. The molecule has 0 spiro atoms. The molecular weight excluding hydrogens is 1470 g/mol. The summed E-state index contributed by atoms with van der Waals surface area (Å²) in [6, 6.07) is -10.2. The summed E-state index contributed by atoms with van der Waals surface area (Å²) in [6.07, 6.45) is -51.3. The number of anilines is 10. The van der Waals surface area contributed by atoms with E-state index in [1.165, 1.54) is 6.20 Å². The number of nitrogens with one attached hydrogen (secondary N) is 10. The van der Waals surface area contributed by atoms with Crippen molar-refractivity contribution in [2.75, 3.05) is 53.2 Å². The van der Waals surface area contributed by atoms with Crippen LogP contribution in [0.1, 0.15) is 349 Å². The zero-order valence-corrected chi connectivity index (χ0v) is 65.8. The Kier molecular flexibility index (Phi) is 16.7. The van der Waals surface area contributed by atoms with E-state index in [4.69, 9.17) is 91.7 Å². The lowest BCUT2D eigenvalue weighted by Crippen LogP contribution is -2.36. The molecule has 0 aromatic carbocycles.